The third kappa shape index (κ3) is 5.23. The Balaban J connectivity index is 2.28. The monoisotopic (exact) mass is 228 g/mol. The van der Waals surface area contributed by atoms with Crippen molar-refractivity contribution in [2.45, 2.75) is 19.8 Å². The van der Waals surface area contributed by atoms with E-state index in [9.17, 15) is 9.59 Å². The maximum atomic E-state index is 11.0. The second-order valence-corrected chi connectivity index (χ2v) is 4.32. The molecule has 1 rings (SSSR count). The summed E-state index contributed by atoms with van der Waals surface area (Å²) in [6, 6.07) is 0. The summed E-state index contributed by atoms with van der Waals surface area (Å²) in [6.45, 7) is 6.33. The number of hydrogen-bond acceptors (Lipinski definition) is 4. The number of carbonyl (C=O) groups is 2. The van der Waals surface area contributed by atoms with Crippen molar-refractivity contribution in [3.05, 3.63) is 0 Å². The van der Waals surface area contributed by atoms with Gasteiger partial charge < -0.3 is 10.0 Å². The summed E-state index contributed by atoms with van der Waals surface area (Å²) in [5.41, 5.74) is 0. The summed E-state index contributed by atoms with van der Waals surface area (Å²) >= 11 is 0. The molecule has 0 aliphatic carbocycles. The first-order valence-electron chi connectivity index (χ1n) is 5.74. The molecule has 0 radical (unpaired) electrons. The molecule has 1 aliphatic heterocycles. The van der Waals surface area contributed by atoms with Gasteiger partial charge in [-0.1, -0.05) is 0 Å². The van der Waals surface area contributed by atoms with Gasteiger partial charge in [-0.2, -0.15) is 0 Å². The highest BCUT2D eigenvalue weighted by Gasteiger charge is 2.15. The van der Waals surface area contributed by atoms with Gasteiger partial charge in [-0.15, -0.1) is 0 Å². The highest BCUT2D eigenvalue weighted by atomic mass is 16.4. The van der Waals surface area contributed by atoms with Gasteiger partial charge in [0.25, 0.3) is 0 Å². The number of ketones is 1. The van der Waals surface area contributed by atoms with Crippen LogP contribution in [-0.4, -0.2) is 65.9 Å². The van der Waals surface area contributed by atoms with E-state index < -0.39 is 5.97 Å². The minimum absolute atomic E-state index is 0.194. The van der Waals surface area contributed by atoms with Crippen molar-refractivity contribution in [1.29, 1.82) is 0 Å². The maximum absolute atomic E-state index is 11.0. The molecule has 1 saturated heterocycles. The minimum atomic E-state index is -0.746. The predicted molar refractivity (Wildman–Crippen MR) is 60.4 cm³/mol. The SMILES string of the molecule is CC(=O)CN1CCCN(CCC(=O)O)CC1. The highest BCUT2D eigenvalue weighted by molar-refractivity contribution is 5.77. The van der Waals surface area contributed by atoms with E-state index in [1.807, 2.05) is 0 Å². The van der Waals surface area contributed by atoms with Gasteiger partial charge in [0, 0.05) is 19.6 Å². The van der Waals surface area contributed by atoms with E-state index in [1.54, 1.807) is 6.92 Å². The van der Waals surface area contributed by atoms with Crippen LogP contribution < -0.4 is 0 Å². The molecule has 5 nitrogen and oxygen atoms in total. The molecule has 0 spiro atoms. The van der Waals surface area contributed by atoms with Crippen molar-refractivity contribution in [3.63, 3.8) is 0 Å². The van der Waals surface area contributed by atoms with E-state index in [4.69, 9.17) is 5.11 Å². The lowest BCUT2D eigenvalue weighted by Gasteiger charge is -2.20. The molecule has 0 amide bonds. The lowest BCUT2D eigenvalue weighted by atomic mass is 10.3. The van der Waals surface area contributed by atoms with Crippen LogP contribution in [0.5, 0.6) is 0 Å². The van der Waals surface area contributed by atoms with Crippen molar-refractivity contribution in [3.8, 4) is 0 Å². The topological polar surface area (TPSA) is 60.9 Å². The quantitative estimate of drug-likeness (QED) is 0.721. The first-order chi connectivity index (χ1) is 7.58. The second-order valence-electron chi connectivity index (χ2n) is 4.32. The van der Waals surface area contributed by atoms with E-state index in [0.29, 0.717) is 13.1 Å². The molecule has 0 unspecified atom stereocenters. The van der Waals surface area contributed by atoms with Gasteiger partial charge in [-0.05, 0) is 26.4 Å². The molecular formula is C11H20N2O3. The summed E-state index contributed by atoms with van der Waals surface area (Å²) in [4.78, 5) is 25.7. The van der Waals surface area contributed by atoms with Crippen LogP contribution in [0.2, 0.25) is 0 Å². The van der Waals surface area contributed by atoms with Crippen LogP contribution in [0.4, 0.5) is 0 Å². The Labute approximate surface area is 96.0 Å². The van der Waals surface area contributed by atoms with Crippen molar-refractivity contribution in [2.75, 3.05) is 39.3 Å². The second kappa shape index (κ2) is 6.60. The number of rotatable bonds is 5. The summed E-state index contributed by atoms with van der Waals surface area (Å²) in [5.74, 6) is -0.552. The molecule has 0 bridgehead atoms. The number of carboxylic acid groups (broad SMARTS) is 1. The van der Waals surface area contributed by atoms with Crippen LogP contribution in [0.3, 0.4) is 0 Å². The fourth-order valence-corrected chi connectivity index (χ4v) is 1.97. The Bertz CT molecular complexity index is 256. The summed E-state index contributed by atoms with van der Waals surface area (Å²) < 4.78 is 0. The Morgan fingerprint density at radius 1 is 1.12 bits per heavy atom. The Hall–Kier alpha value is -0.940. The fourth-order valence-electron chi connectivity index (χ4n) is 1.97. The summed E-state index contributed by atoms with van der Waals surface area (Å²) in [6.07, 6.45) is 1.21. The van der Waals surface area contributed by atoms with E-state index in [2.05, 4.69) is 9.80 Å². The first kappa shape index (κ1) is 13.1. The Kier molecular flexibility index (Phi) is 5.42. The van der Waals surface area contributed by atoms with Gasteiger partial charge >= 0.3 is 5.97 Å². The van der Waals surface area contributed by atoms with E-state index in [-0.39, 0.29) is 12.2 Å². The molecule has 16 heavy (non-hydrogen) atoms. The molecule has 1 N–H and O–H groups in total. The van der Waals surface area contributed by atoms with E-state index in [0.717, 1.165) is 32.6 Å². The number of carbonyl (C=O) groups excluding carboxylic acids is 1. The molecular weight excluding hydrogens is 208 g/mol. The molecule has 92 valence electrons. The van der Waals surface area contributed by atoms with Gasteiger partial charge in [0.15, 0.2) is 0 Å². The molecule has 0 saturated carbocycles. The zero-order valence-corrected chi connectivity index (χ0v) is 9.81. The van der Waals surface area contributed by atoms with Crippen LogP contribution in [0.15, 0.2) is 0 Å². The average Bonchev–Trinajstić information content (AvgIpc) is 2.39. The van der Waals surface area contributed by atoms with Gasteiger partial charge in [-0.25, -0.2) is 0 Å². The molecule has 0 atom stereocenters. The number of hydrogen-bond donors (Lipinski definition) is 1. The first-order valence-corrected chi connectivity index (χ1v) is 5.74. The predicted octanol–water partition coefficient (Wildman–Crippen LogP) is 0.0578. The van der Waals surface area contributed by atoms with Crippen molar-refractivity contribution in [1.82, 2.24) is 9.80 Å². The van der Waals surface area contributed by atoms with Crippen LogP contribution in [0, 0.1) is 0 Å². The van der Waals surface area contributed by atoms with Crippen molar-refractivity contribution >= 4 is 11.8 Å². The highest BCUT2D eigenvalue weighted by Crippen LogP contribution is 2.03. The fraction of sp³-hybridized carbons (Fsp3) is 0.818. The number of aliphatic carboxylic acids is 1. The molecule has 1 aliphatic rings. The lowest BCUT2D eigenvalue weighted by Crippen LogP contribution is -2.34. The molecule has 0 aromatic carbocycles. The third-order valence-corrected chi connectivity index (χ3v) is 2.77. The largest absolute Gasteiger partial charge is 0.481 e. The molecule has 0 aromatic heterocycles. The summed E-state index contributed by atoms with van der Waals surface area (Å²) in [5, 5.41) is 8.60. The summed E-state index contributed by atoms with van der Waals surface area (Å²) in [7, 11) is 0. The van der Waals surface area contributed by atoms with Crippen molar-refractivity contribution < 1.29 is 14.7 Å². The molecule has 1 heterocycles. The standard InChI is InChI=1S/C11H20N2O3/c1-10(14)9-13-5-2-4-12(7-8-13)6-3-11(15)16/h2-9H2,1H3,(H,15,16). The Morgan fingerprint density at radius 3 is 2.38 bits per heavy atom. The normalized spacial score (nSPS) is 19.3. The van der Waals surface area contributed by atoms with Crippen LogP contribution in [0.1, 0.15) is 19.8 Å². The van der Waals surface area contributed by atoms with Crippen LogP contribution in [-0.2, 0) is 9.59 Å². The number of Topliss-reactive ketones (excluding diaryl/α,β-unsaturated/α-hetero) is 1. The van der Waals surface area contributed by atoms with Gasteiger partial charge in [0.1, 0.15) is 5.78 Å². The van der Waals surface area contributed by atoms with Gasteiger partial charge in [0.05, 0.1) is 13.0 Å². The average molecular weight is 228 g/mol. The van der Waals surface area contributed by atoms with Crippen LogP contribution in [0.25, 0.3) is 0 Å². The number of nitrogens with zero attached hydrogens (tertiary/aromatic N) is 2. The van der Waals surface area contributed by atoms with Crippen molar-refractivity contribution in [2.24, 2.45) is 0 Å². The third-order valence-electron chi connectivity index (χ3n) is 2.77. The molecule has 0 aromatic rings. The van der Waals surface area contributed by atoms with Gasteiger partial charge in [-0.3, -0.25) is 14.5 Å². The smallest absolute Gasteiger partial charge is 0.304 e. The number of carboxylic acids is 1. The zero-order valence-electron chi connectivity index (χ0n) is 9.81. The van der Waals surface area contributed by atoms with Gasteiger partial charge in [0.2, 0.25) is 0 Å². The zero-order chi connectivity index (χ0) is 12.0. The van der Waals surface area contributed by atoms with E-state index >= 15 is 0 Å². The van der Waals surface area contributed by atoms with E-state index in [1.165, 1.54) is 0 Å². The Morgan fingerprint density at radius 2 is 1.75 bits per heavy atom. The minimum Gasteiger partial charge on any atom is -0.481 e. The molecule has 1 fully saturated rings. The lowest BCUT2D eigenvalue weighted by molar-refractivity contribution is -0.137. The molecule has 5 heteroatoms. The maximum Gasteiger partial charge on any atom is 0.304 e. The van der Waals surface area contributed by atoms with Crippen LogP contribution >= 0.6 is 0 Å².